The van der Waals surface area contributed by atoms with E-state index in [1.165, 1.54) is 0 Å². The second-order valence-electron chi connectivity index (χ2n) is 4.49. The lowest BCUT2D eigenvalue weighted by Crippen LogP contribution is -2.21. The van der Waals surface area contributed by atoms with E-state index in [-0.39, 0.29) is 11.1 Å². The number of carbonyl (C=O) groups is 2. The molecule has 0 aromatic heterocycles. The minimum atomic E-state index is -0.709. The molecule has 2 aromatic rings. The van der Waals surface area contributed by atoms with Crippen molar-refractivity contribution in [1.29, 1.82) is 0 Å². The van der Waals surface area contributed by atoms with E-state index in [0.717, 1.165) is 8.95 Å². The Morgan fingerprint density at radius 3 is 1.14 bits per heavy atom. The highest BCUT2D eigenvalue weighted by molar-refractivity contribution is 9.10. The first-order chi connectivity index (χ1) is 10.4. The molecule has 6 heteroatoms. The van der Waals surface area contributed by atoms with Gasteiger partial charge in [-0.3, -0.25) is 9.59 Å². The monoisotopic (exact) mass is 422 g/mol. The zero-order valence-corrected chi connectivity index (χ0v) is 14.5. The minimum absolute atomic E-state index is 0.0994. The third-order valence-electron chi connectivity index (χ3n) is 3.01. The number of benzene rings is 2. The molecule has 112 valence electrons. The molecule has 0 bridgehead atoms. The first kappa shape index (κ1) is 16.5. The molecular weight excluding hydrogens is 412 g/mol. The van der Waals surface area contributed by atoms with Gasteiger partial charge < -0.3 is 11.5 Å². The maximum atomic E-state index is 11.9. The van der Waals surface area contributed by atoms with E-state index in [9.17, 15) is 9.59 Å². The summed E-state index contributed by atoms with van der Waals surface area (Å²) in [5, 5.41) is 0. The minimum Gasteiger partial charge on any atom is -0.366 e. The standard InChI is InChI=1S/C16H12Br2N2O2/c17-11-5-1-9(2-6-11)13(15(19)21)14(16(20)22)10-3-7-12(18)8-4-10/h1-8H,(H2,19,21)(H2,20,22)/b14-13+. The molecule has 2 aromatic carbocycles. The molecule has 0 atom stereocenters. The topological polar surface area (TPSA) is 86.2 Å². The van der Waals surface area contributed by atoms with Gasteiger partial charge in [0.1, 0.15) is 0 Å². The third kappa shape index (κ3) is 3.64. The number of carbonyl (C=O) groups excluding carboxylic acids is 2. The normalized spacial score (nSPS) is 11.7. The van der Waals surface area contributed by atoms with Crippen molar-refractivity contribution in [2.75, 3.05) is 0 Å². The van der Waals surface area contributed by atoms with Crippen molar-refractivity contribution in [3.8, 4) is 0 Å². The maximum Gasteiger partial charge on any atom is 0.250 e. The van der Waals surface area contributed by atoms with Gasteiger partial charge >= 0.3 is 0 Å². The second kappa shape index (κ2) is 6.89. The Morgan fingerprint density at radius 2 is 0.909 bits per heavy atom. The molecule has 4 N–H and O–H groups in total. The Morgan fingerprint density at radius 1 is 0.636 bits per heavy atom. The molecule has 22 heavy (non-hydrogen) atoms. The van der Waals surface area contributed by atoms with E-state index >= 15 is 0 Å². The highest BCUT2D eigenvalue weighted by Gasteiger charge is 2.20. The molecule has 0 heterocycles. The van der Waals surface area contributed by atoms with Crippen LogP contribution in [0.15, 0.2) is 57.5 Å². The van der Waals surface area contributed by atoms with Crippen LogP contribution in [0.1, 0.15) is 11.1 Å². The molecule has 0 radical (unpaired) electrons. The predicted molar refractivity (Wildman–Crippen MR) is 93.5 cm³/mol. The SMILES string of the molecule is NC(=O)/C(=C(/C(N)=O)c1ccc(Br)cc1)c1ccc(Br)cc1. The van der Waals surface area contributed by atoms with Gasteiger partial charge in [0.15, 0.2) is 0 Å². The third-order valence-corrected chi connectivity index (χ3v) is 4.07. The summed E-state index contributed by atoms with van der Waals surface area (Å²) in [6.45, 7) is 0. The van der Waals surface area contributed by atoms with Gasteiger partial charge in [0.05, 0.1) is 11.1 Å². The average molecular weight is 424 g/mol. The van der Waals surface area contributed by atoms with Gasteiger partial charge in [-0.05, 0) is 35.4 Å². The van der Waals surface area contributed by atoms with Crippen molar-refractivity contribution in [3.63, 3.8) is 0 Å². The van der Waals surface area contributed by atoms with Crippen LogP contribution in [-0.4, -0.2) is 11.8 Å². The van der Waals surface area contributed by atoms with Crippen LogP contribution in [0.5, 0.6) is 0 Å². The van der Waals surface area contributed by atoms with Crippen molar-refractivity contribution >= 4 is 54.8 Å². The molecule has 0 fully saturated rings. The number of amides is 2. The molecule has 0 aliphatic heterocycles. The van der Waals surface area contributed by atoms with E-state index in [2.05, 4.69) is 31.9 Å². The molecule has 0 saturated carbocycles. The molecule has 2 rings (SSSR count). The highest BCUT2D eigenvalue weighted by Crippen LogP contribution is 2.28. The number of halogens is 2. The lowest BCUT2D eigenvalue weighted by Gasteiger charge is -2.11. The van der Waals surface area contributed by atoms with E-state index < -0.39 is 11.8 Å². The quantitative estimate of drug-likeness (QED) is 0.584. The van der Waals surface area contributed by atoms with E-state index in [1.807, 2.05) is 0 Å². The largest absolute Gasteiger partial charge is 0.366 e. The number of hydrogen-bond donors (Lipinski definition) is 2. The molecule has 2 amide bonds. The van der Waals surface area contributed by atoms with Crippen LogP contribution in [0, 0.1) is 0 Å². The van der Waals surface area contributed by atoms with Crippen LogP contribution in [0.2, 0.25) is 0 Å². The summed E-state index contributed by atoms with van der Waals surface area (Å²) in [7, 11) is 0. The Hall–Kier alpha value is -1.92. The van der Waals surface area contributed by atoms with E-state index in [4.69, 9.17) is 11.5 Å². The Balaban J connectivity index is 2.73. The summed E-state index contributed by atoms with van der Waals surface area (Å²) in [6, 6.07) is 13.9. The summed E-state index contributed by atoms with van der Waals surface area (Å²) >= 11 is 6.64. The molecule has 0 aliphatic carbocycles. The van der Waals surface area contributed by atoms with Crippen LogP contribution in [-0.2, 0) is 9.59 Å². The van der Waals surface area contributed by atoms with Gasteiger partial charge in [-0.15, -0.1) is 0 Å². The van der Waals surface area contributed by atoms with Crippen LogP contribution in [0.25, 0.3) is 11.1 Å². The molecule has 0 saturated heterocycles. The van der Waals surface area contributed by atoms with Crippen molar-refractivity contribution in [1.82, 2.24) is 0 Å². The fraction of sp³-hybridized carbons (Fsp3) is 0. The Labute approximate surface area is 144 Å². The van der Waals surface area contributed by atoms with Crippen LogP contribution < -0.4 is 11.5 Å². The Kier molecular flexibility index (Phi) is 5.15. The summed E-state index contributed by atoms with van der Waals surface area (Å²) in [5.41, 5.74) is 12.2. The maximum absolute atomic E-state index is 11.9. The molecule has 0 unspecified atom stereocenters. The van der Waals surface area contributed by atoms with Gasteiger partial charge in [0.2, 0.25) is 11.8 Å². The second-order valence-corrected chi connectivity index (χ2v) is 6.32. The summed E-state index contributed by atoms with van der Waals surface area (Å²) in [4.78, 5) is 23.8. The molecule has 4 nitrogen and oxygen atoms in total. The van der Waals surface area contributed by atoms with Crippen molar-refractivity contribution in [2.45, 2.75) is 0 Å². The van der Waals surface area contributed by atoms with Crippen molar-refractivity contribution in [3.05, 3.63) is 68.6 Å². The average Bonchev–Trinajstić information content (AvgIpc) is 2.46. The summed E-state index contributed by atoms with van der Waals surface area (Å²) in [5.74, 6) is -1.42. The summed E-state index contributed by atoms with van der Waals surface area (Å²) < 4.78 is 1.70. The van der Waals surface area contributed by atoms with Gasteiger partial charge in [0, 0.05) is 8.95 Å². The van der Waals surface area contributed by atoms with Crippen molar-refractivity contribution in [2.24, 2.45) is 11.5 Å². The first-order valence-electron chi connectivity index (χ1n) is 6.26. The number of rotatable bonds is 4. The first-order valence-corrected chi connectivity index (χ1v) is 7.84. The van der Waals surface area contributed by atoms with Crippen LogP contribution in [0.4, 0.5) is 0 Å². The Bertz CT molecular complexity index is 685. The lowest BCUT2D eigenvalue weighted by atomic mass is 9.93. The van der Waals surface area contributed by atoms with Gasteiger partial charge in [-0.1, -0.05) is 56.1 Å². The zero-order valence-electron chi connectivity index (χ0n) is 11.3. The predicted octanol–water partition coefficient (Wildman–Crippen LogP) is 3.09. The van der Waals surface area contributed by atoms with Gasteiger partial charge in [-0.25, -0.2) is 0 Å². The molecule has 0 aliphatic rings. The smallest absolute Gasteiger partial charge is 0.250 e. The molecule has 0 spiro atoms. The van der Waals surface area contributed by atoms with Crippen molar-refractivity contribution < 1.29 is 9.59 Å². The van der Waals surface area contributed by atoms with Gasteiger partial charge in [0.25, 0.3) is 0 Å². The number of hydrogen-bond acceptors (Lipinski definition) is 2. The molecular formula is C16H12Br2N2O2. The highest BCUT2D eigenvalue weighted by atomic mass is 79.9. The summed E-state index contributed by atoms with van der Waals surface area (Å²) in [6.07, 6.45) is 0. The zero-order chi connectivity index (χ0) is 16.3. The fourth-order valence-electron chi connectivity index (χ4n) is 2.05. The van der Waals surface area contributed by atoms with Crippen LogP contribution in [0.3, 0.4) is 0 Å². The fourth-order valence-corrected chi connectivity index (χ4v) is 2.58. The number of primary amides is 2. The lowest BCUT2D eigenvalue weighted by molar-refractivity contribution is -0.114. The number of nitrogens with two attached hydrogens (primary N) is 2. The van der Waals surface area contributed by atoms with Crippen LogP contribution >= 0.6 is 31.9 Å². The van der Waals surface area contributed by atoms with Gasteiger partial charge in [-0.2, -0.15) is 0 Å². The van der Waals surface area contributed by atoms with E-state index in [0.29, 0.717) is 11.1 Å². The van der Waals surface area contributed by atoms with E-state index in [1.54, 1.807) is 48.5 Å².